The molecule has 0 aliphatic carbocycles. The van der Waals surface area contributed by atoms with Gasteiger partial charge in [-0.25, -0.2) is 9.59 Å². The van der Waals surface area contributed by atoms with Gasteiger partial charge in [-0.05, 0) is 111 Å². The Bertz CT molecular complexity index is 1260. The summed E-state index contributed by atoms with van der Waals surface area (Å²) in [7, 11) is 0. The average Bonchev–Trinajstić information content (AvgIpc) is 3.31. The normalized spacial score (nSPS) is 12.6. The van der Waals surface area contributed by atoms with Crippen molar-refractivity contribution in [2.75, 3.05) is 52.7 Å². The van der Waals surface area contributed by atoms with Crippen LogP contribution >= 0.6 is 0 Å². The summed E-state index contributed by atoms with van der Waals surface area (Å²) in [6, 6.07) is 0. The molecule has 0 aromatic heterocycles. The van der Waals surface area contributed by atoms with Crippen molar-refractivity contribution >= 4 is 24.2 Å². The van der Waals surface area contributed by atoms with E-state index in [4.69, 9.17) is 28.4 Å². The van der Waals surface area contributed by atoms with Crippen LogP contribution in [0.5, 0.6) is 0 Å². The van der Waals surface area contributed by atoms with Crippen molar-refractivity contribution in [2.24, 2.45) is 16.7 Å². The zero-order valence-corrected chi connectivity index (χ0v) is 44.7. The molecular formula is C56H103NO10. The third-order valence-corrected chi connectivity index (χ3v) is 13.2. The monoisotopic (exact) mass is 950 g/mol. The van der Waals surface area contributed by atoms with Gasteiger partial charge in [0, 0.05) is 6.54 Å². The lowest BCUT2D eigenvalue weighted by atomic mass is 9.68. The molecule has 0 saturated heterocycles. The van der Waals surface area contributed by atoms with E-state index in [9.17, 15) is 19.2 Å². The first-order chi connectivity index (χ1) is 32.3. The Morgan fingerprint density at radius 2 is 0.851 bits per heavy atom. The maximum Gasteiger partial charge on any atom is 0.508 e. The predicted octanol–water partition coefficient (Wildman–Crippen LogP) is 15.5. The van der Waals surface area contributed by atoms with Crippen molar-refractivity contribution < 1.29 is 47.6 Å². The van der Waals surface area contributed by atoms with Crippen molar-refractivity contribution in [3.8, 4) is 0 Å². The molecule has 1 atom stereocenters. The SMILES string of the molecule is CCCCC/C=C\C/C=C\CCCCCCCCOC(=O)OCC(COC(=O)OCCCN(CC)CC)COC(=O)C(C)(C)C(C)(C)C(=O)OC(CCCCCCCC)CCCCCCCC. The van der Waals surface area contributed by atoms with Gasteiger partial charge in [-0.15, -0.1) is 0 Å². The maximum absolute atomic E-state index is 13.9. The molecule has 11 heteroatoms. The van der Waals surface area contributed by atoms with Crippen LogP contribution < -0.4 is 0 Å². The van der Waals surface area contributed by atoms with Gasteiger partial charge in [-0.1, -0.05) is 162 Å². The molecule has 0 saturated carbocycles. The van der Waals surface area contributed by atoms with Gasteiger partial charge in [-0.3, -0.25) is 9.59 Å². The Labute approximate surface area is 411 Å². The summed E-state index contributed by atoms with van der Waals surface area (Å²) in [5.74, 6) is -1.74. The number of allylic oxidation sites excluding steroid dienone is 4. The van der Waals surface area contributed by atoms with Gasteiger partial charge in [0.2, 0.25) is 0 Å². The van der Waals surface area contributed by atoms with Crippen LogP contribution in [0.1, 0.15) is 236 Å². The summed E-state index contributed by atoms with van der Waals surface area (Å²) in [5, 5.41) is 0. The van der Waals surface area contributed by atoms with E-state index in [1.807, 2.05) is 0 Å². The molecule has 0 fully saturated rings. The quantitative estimate of drug-likeness (QED) is 0.0250. The van der Waals surface area contributed by atoms with Crippen LogP contribution in [-0.4, -0.2) is 87.9 Å². The average molecular weight is 950 g/mol. The maximum atomic E-state index is 13.9. The van der Waals surface area contributed by atoms with Crippen LogP contribution in [0, 0.1) is 16.7 Å². The molecule has 0 aliphatic rings. The number of hydrogen-bond donors (Lipinski definition) is 0. The minimum atomic E-state index is -1.27. The highest BCUT2D eigenvalue weighted by molar-refractivity contribution is 5.87. The number of unbranched alkanes of at least 4 members (excludes halogenated alkanes) is 19. The van der Waals surface area contributed by atoms with E-state index in [1.165, 1.54) is 89.9 Å². The van der Waals surface area contributed by atoms with E-state index in [0.29, 0.717) is 6.42 Å². The Kier molecular flexibility index (Phi) is 41.0. The number of carbonyl (C=O) groups is 4. The van der Waals surface area contributed by atoms with Crippen LogP contribution in [-0.2, 0) is 38.0 Å². The van der Waals surface area contributed by atoms with Gasteiger partial charge in [0.15, 0.2) is 0 Å². The molecule has 0 bridgehead atoms. The molecule has 0 heterocycles. The van der Waals surface area contributed by atoms with Crippen molar-refractivity contribution in [3.63, 3.8) is 0 Å². The Balaban J connectivity index is 5.24. The molecule has 11 nitrogen and oxygen atoms in total. The lowest BCUT2D eigenvalue weighted by Crippen LogP contribution is -2.48. The van der Waals surface area contributed by atoms with Crippen molar-refractivity contribution in [3.05, 3.63) is 24.3 Å². The molecule has 0 radical (unpaired) electrons. The molecule has 0 aromatic rings. The van der Waals surface area contributed by atoms with E-state index in [2.05, 4.69) is 63.8 Å². The van der Waals surface area contributed by atoms with Crippen LogP contribution in [0.4, 0.5) is 9.59 Å². The third kappa shape index (κ3) is 34.0. The highest BCUT2D eigenvalue weighted by atomic mass is 16.7. The van der Waals surface area contributed by atoms with Gasteiger partial charge in [-0.2, -0.15) is 0 Å². The summed E-state index contributed by atoms with van der Waals surface area (Å²) < 4.78 is 33.5. The summed E-state index contributed by atoms with van der Waals surface area (Å²) in [5.41, 5.74) is -2.49. The fourth-order valence-electron chi connectivity index (χ4n) is 7.58. The second-order valence-corrected chi connectivity index (χ2v) is 19.6. The van der Waals surface area contributed by atoms with Crippen LogP contribution in [0.25, 0.3) is 0 Å². The fourth-order valence-corrected chi connectivity index (χ4v) is 7.58. The molecule has 67 heavy (non-hydrogen) atoms. The Morgan fingerprint density at radius 3 is 1.36 bits per heavy atom. The topological polar surface area (TPSA) is 127 Å². The van der Waals surface area contributed by atoms with Crippen LogP contribution in [0.15, 0.2) is 24.3 Å². The lowest BCUT2D eigenvalue weighted by molar-refractivity contribution is -0.180. The molecule has 0 aliphatic heterocycles. The Morgan fingerprint density at radius 1 is 0.448 bits per heavy atom. The molecule has 392 valence electrons. The third-order valence-electron chi connectivity index (χ3n) is 13.2. The zero-order valence-electron chi connectivity index (χ0n) is 44.7. The second-order valence-electron chi connectivity index (χ2n) is 19.6. The van der Waals surface area contributed by atoms with Gasteiger partial charge in [0.05, 0.1) is 30.0 Å². The summed E-state index contributed by atoms with van der Waals surface area (Å²) in [6.45, 7) is 20.1. The summed E-state index contributed by atoms with van der Waals surface area (Å²) in [6.07, 6.45) is 36.8. The van der Waals surface area contributed by atoms with Gasteiger partial charge < -0.3 is 33.3 Å². The van der Waals surface area contributed by atoms with Gasteiger partial charge in [0.1, 0.15) is 25.9 Å². The fraction of sp³-hybridized carbons (Fsp3) is 0.857. The first-order valence-electron chi connectivity index (χ1n) is 27.3. The number of carbonyl (C=O) groups excluding carboxylic acids is 4. The highest BCUT2D eigenvalue weighted by Crippen LogP contribution is 2.41. The number of esters is 2. The van der Waals surface area contributed by atoms with Crippen molar-refractivity contribution in [1.82, 2.24) is 4.90 Å². The largest absolute Gasteiger partial charge is 0.508 e. The number of nitrogens with zero attached hydrogens (tertiary/aromatic N) is 1. The van der Waals surface area contributed by atoms with E-state index >= 15 is 0 Å². The first kappa shape index (κ1) is 63.9. The molecule has 1 unspecified atom stereocenters. The molecular weight excluding hydrogens is 847 g/mol. The zero-order chi connectivity index (χ0) is 49.9. The minimum Gasteiger partial charge on any atom is -0.465 e. The Hall–Kier alpha value is -3.08. The molecule has 0 rings (SSSR count). The number of rotatable bonds is 45. The van der Waals surface area contributed by atoms with E-state index in [-0.39, 0.29) is 39.1 Å². The molecule has 0 amide bonds. The van der Waals surface area contributed by atoms with Crippen molar-refractivity contribution in [2.45, 2.75) is 242 Å². The standard InChI is InChI=1S/C56H103NO10/c1-10-15-18-21-24-25-26-27-28-29-30-31-32-33-36-39-44-62-53(60)65-47-49(48-66-54(61)63-45-40-43-57(13-4)14-5)46-64-51(58)55(6,7)56(8,9)52(59)67-50(41-37-34-22-19-16-11-2)42-38-35-23-20-17-12-3/h24-25,27-28,49-50H,10-23,26,29-48H2,1-9H3/b25-24-,28-27-. The predicted molar refractivity (Wildman–Crippen MR) is 274 cm³/mol. The van der Waals surface area contributed by atoms with E-state index in [1.54, 1.807) is 27.7 Å². The van der Waals surface area contributed by atoms with Gasteiger partial charge >= 0.3 is 24.2 Å². The van der Waals surface area contributed by atoms with Crippen molar-refractivity contribution in [1.29, 1.82) is 0 Å². The second kappa shape index (κ2) is 43.0. The number of ether oxygens (including phenoxy) is 6. The lowest BCUT2D eigenvalue weighted by Gasteiger charge is -2.38. The molecule has 0 N–H and O–H groups in total. The molecule has 0 spiro atoms. The number of hydrogen-bond acceptors (Lipinski definition) is 11. The smallest absolute Gasteiger partial charge is 0.465 e. The van der Waals surface area contributed by atoms with E-state index < -0.39 is 41.0 Å². The first-order valence-corrected chi connectivity index (χ1v) is 27.3. The van der Waals surface area contributed by atoms with E-state index in [0.717, 1.165) is 96.7 Å². The van der Waals surface area contributed by atoms with Crippen LogP contribution in [0.2, 0.25) is 0 Å². The molecule has 0 aromatic carbocycles. The minimum absolute atomic E-state index is 0.199. The highest BCUT2D eigenvalue weighted by Gasteiger charge is 2.51. The summed E-state index contributed by atoms with van der Waals surface area (Å²) >= 11 is 0. The van der Waals surface area contributed by atoms with Crippen LogP contribution in [0.3, 0.4) is 0 Å². The summed E-state index contributed by atoms with van der Waals surface area (Å²) in [4.78, 5) is 55.2. The van der Waals surface area contributed by atoms with Gasteiger partial charge in [0.25, 0.3) is 0 Å².